The van der Waals surface area contributed by atoms with Crippen LogP contribution in [0, 0.1) is 6.92 Å². The molecule has 33 heavy (non-hydrogen) atoms. The average Bonchev–Trinajstić information content (AvgIpc) is 3.03. The lowest BCUT2D eigenvalue weighted by Crippen LogP contribution is -2.19. The number of methoxy groups -OCH3 is 2. The Labute approximate surface area is 195 Å². The average molecular weight is 464 g/mol. The summed E-state index contributed by atoms with van der Waals surface area (Å²) < 4.78 is 13.8. The third kappa shape index (κ3) is 4.34. The Morgan fingerprint density at radius 3 is 2.15 bits per heavy atom. The highest BCUT2D eigenvalue weighted by Gasteiger charge is 2.17. The number of aryl methyl sites for hydroxylation is 3. The monoisotopic (exact) mass is 463 g/mol. The molecule has 1 N–H and O–H groups in total. The molecular formula is C25H25N3O4S. The summed E-state index contributed by atoms with van der Waals surface area (Å²) >= 11 is 1.53. The van der Waals surface area contributed by atoms with Crippen LogP contribution in [0.2, 0.25) is 0 Å². The smallest absolute Gasteiger partial charge is 0.328 e. The summed E-state index contributed by atoms with van der Waals surface area (Å²) in [5.41, 5.74) is 3.62. The summed E-state index contributed by atoms with van der Waals surface area (Å²) in [6.45, 7) is 2.04. The topological polar surface area (TPSA) is 74.5 Å². The third-order valence-corrected chi connectivity index (χ3v) is 6.58. The number of hydrogen-bond donors (Lipinski definition) is 1. The van der Waals surface area contributed by atoms with Gasteiger partial charge in [-0.2, -0.15) is 0 Å². The van der Waals surface area contributed by atoms with Crippen molar-refractivity contribution in [2.45, 2.75) is 16.7 Å². The molecule has 1 aromatic heterocycles. The van der Waals surface area contributed by atoms with E-state index in [0.29, 0.717) is 22.7 Å². The molecule has 7 nitrogen and oxygen atoms in total. The summed E-state index contributed by atoms with van der Waals surface area (Å²) in [5, 5.41) is 3.01. The first-order valence-corrected chi connectivity index (χ1v) is 11.1. The number of amides is 1. The van der Waals surface area contributed by atoms with Crippen LogP contribution in [0.5, 0.6) is 11.5 Å². The number of carbonyl (C=O) groups is 1. The Balaban J connectivity index is 1.77. The number of anilines is 1. The maximum atomic E-state index is 13.1. The number of carbonyl (C=O) groups excluding carboxylic acids is 1. The maximum absolute atomic E-state index is 13.1. The zero-order chi connectivity index (χ0) is 23.7. The van der Waals surface area contributed by atoms with Gasteiger partial charge in [0.05, 0.1) is 30.9 Å². The van der Waals surface area contributed by atoms with Crippen molar-refractivity contribution in [3.8, 4) is 11.5 Å². The fourth-order valence-corrected chi connectivity index (χ4v) is 4.53. The molecule has 0 unspecified atom stereocenters. The van der Waals surface area contributed by atoms with Crippen molar-refractivity contribution < 1.29 is 14.3 Å². The van der Waals surface area contributed by atoms with Crippen molar-refractivity contribution in [2.24, 2.45) is 14.1 Å². The number of fused-ring (bicyclic) bond motifs is 1. The standard InChI is InChI=1S/C25H25N3O4S/c1-15-6-9-17(10-7-15)33-23-14-20-19(27(2)25(30)28(20)3)13-18(23)26-24(29)16-8-11-21(31-4)22(12-16)32-5/h6-14H,1-5H3,(H,26,29). The van der Waals surface area contributed by atoms with Gasteiger partial charge in [0, 0.05) is 29.4 Å². The highest BCUT2D eigenvalue weighted by molar-refractivity contribution is 7.99. The van der Waals surface area contributed by atoms with Crippen molar-refractivity contribution in [1.29, 1.82) is 0 Å². The van der Waals surface area contributed by atoms with Crippen LogP contribution in [-0.4, -0.2) is 29.3 Å². The van der Waals surface area contributed by atoms with Crippen molar-refractivity contribution in [3.63, 3.8) is 0 Å². The summed E-state index contributed by atoms with van der Waals surface area (Å²) in [6.07, 6.45) is 0. The van der Waals surface area contributed by atoms with Gasteiger partial charge in [-0.3, -0.25) is 13.9 Å². The molecule has 0 aliphatic carbocycles. The van der Waals surface area contributed by atoms with Crippen LogP contribution in [0.1, 0.15) is 15.9 Å². The minimum absolute atomic E-state index is 0.125. The first-order valence-electron chi connectivity index (χ1n) is 10.3. The minimum Gasteiger partial charge on any atom is -0.493 e. The zero-order valence-corrected chi connectivity index (χ0v) is 19.9. The lowest BCUT2D eigenvalue weighted by Gasteiger charge is -2.14. The van der Waals surface area contributed by atoms with Crippen LogP contribution >= 0.6 is 11.8 Å². The van der Waals surface area contributed by atoms with Crippen LogP contribution in [0.15, 0.2) is 69.2 Å². The lowest BCUT2D eigenvalue weighted by atomic mass is 10.1. The van der Waals surface area contributed by atoms with Gasteiger partial charge in [0.1, 0.15) is 0 Å². The molecule has 1 amide bonds. The normalized spacial score (nSPS) is 10.9. The highest BCUT2D eigenvalue weighted by atomic mass is 32.2. The van der Waals surface area contributed by atoms with E-state index in [0.717, 1.165) is 20.8 Å². The van der Waals surface area contributed by atoms with E-state index >= 15 is 0 Å². The van der Waals surface area contributed by atoms with Gasteiger partial charge >= 0.3 is 5.69 Å². The minimum atomic E-state index is -0.290. The van der Waals surface area contributed by atoms with Crippen molar-refractivity contribution in [2.75, 3.05) is 19.5 Å². The molecule has 0 spiro atoms. The molecule has 0 bridgehead atoms. The Hall–Kier alpha value is -3.65. The van der Waals surface area contributed by atoms with Gasteiger partial charge in [-0.25, -0.2) is 4.79 Å². The number of nitrogens with zero attached hydrogens (tertiary/aromatic N) is 2. The first kappa shape index (κ1) is 22.5. The second kappa shape index (κ2) is 9.07. The van der Waals surface area contributed by atoms with Gasteiger partial charge in [0.15, 0.2) is 11.5 Å². The number of aromatic nitrogens is 2. The Kier molecular flexibility index (Phi) is 6.20. The number of nitrogens with one attached hydrogen (secondary N) is 1. The third-order valence-electron chi connectivity index (χ3n) is 5.52. The SMILES string of the molecule is COc1ccc(C(=O)Nc2cc3c(cc2Sc2ccc(C)cc2)n(C)c(=O)n3C)cc1OC. The van der Waals surface area contributed by atoms with Gasteiger partial charge < -0.3 is 14.8 Å². The lowest BCUT2D eigenvalue weighted by molar-refractivity contribution is 0.102. The molecule has 3 aromatic carbocycles. The van der Waals surface area contributed by atoms with Crippen LogP contribution in [-0.2, 0) is 14.1 Å². The summed E-state index contributed by atoms with van der Waals surface area (Å²) in [5.74, 6) is 0.729. The van der Waals surface area contributed by atoms with Gasteiger partial charge in [0.2, 0.25) is 0 Å². The molecular weight excluding hydrogens is 438 g/mol. The first-order chi connectivity index (χ1) is 15.8. The molecule has 0 saturated carbocycles. The van der Waals surface area contributed by atoms with E-state index in [1.807, 2.05) is 43.3 Å². The van der Waals surface area contributed by atoms with Gasteiger partial charge in [-0.1, -0.05) is 29.5 Å². The van der Waals surface area contributed by atoms with E-state index in [2.05, 4.69) is 5.32 Å². The van der Waals surface area contributed by atoms with Gasteiger partial charge in [-0.15, -0.1) is 0 Å². The zero-order valence-electron chi connectivity index (χ0n) is 19.1. The molecule has 4 rings (SSSR count). The molecule has 1 heterocycles. The van der Waals surface area contributed by atoms with Crippen LogP contribution in [0.25, 0.3) is 11.0 Å². The van der Waals surface area contributed by atoms with Crippen molar-refractivity contribution >= 4 is 34.4 Å². The van der Waals surface area contributed by atoms with E-state index in [1.54, 1.807) is 48.5 Å². The molecule has 0 saturated heterocycles. The number of imidazole rings is 1. The number of benzene rings is 3. The van der Waals surface area contributed by atoms with E-state index in [9.17, 15) is 9.59 Å². The highest BCUT2D eigenvalue weighted by Crippen LogP contribution is 2.37. The molecule has 4 aromatic rings. The Morgan fingerprint density at radius 1 is 0.879 bits per heavy atom. The van der Waals surface area contributed by atoms with Crippen LogP contribution in [0.4, 0.5) is 5.69 Å². The van der Waals surface area contributed by atoms with Gasteiger partial charge in [0.25, 0.3) is 5.91 Å². The number of rotatable bonds is 6. The van der Waals surface area contributed by atoms with Crippen LogP contribution in [0.3, 0.4) is 0 Å². The molecule has 0 fully saturated rings. The molecule has 0 aliphatic rings. The molecule has 8 heteroatoms. The fourth-order valence-electron chi connectivity index (χ4n) is 3.61. The second-order valence-corrected chi connectivity index (χ2v) is 8.79. The maximum Gasteiger partial charge on any atom is 0.328 e. The molecule has 0 atom stereocenters. The van der Waals surface area contributed by atoms with E-state index < -0.39 is 0 Å². The summed E-state index contributed by atoms with van der Waals surface area (Å²) in [7, 11) is 6.54. The Bertz CT molecular complexity index is 1400. The largest absolute Gasteiger partial charge is 0.493 e. The number of hydrogen-bond acceptors (Lipinski definition) is 5. The molecule has 0 aliphatic heterocycles. The van der Waals surface area contributed by atoms with E-state index in [1.165, 1.54) is 24.4 Å². The second-order valence-electron chi connectivity index (χ2n) is 7.68. The molecule has 0 radical (unpaired) electrons. The predicted molar refractivity (Wildman–Crippen MR) is 131 cm³/mol. The summed E-state index contributed by atoms with van der Waals surface area (Å²) in [6, 6.07) is 16.9. The quantitative estimate of drug-likeness (QED) is 0.452. The van der Waals surface area contributed by atoms with Crippen molar-refractivity contribution in [1.82, 2.24) is 9.13 Å². The molecule has 170 valence electrons. The summed E-state index contributed by atoms with van der Waals surface area (Å²) in [4.78, 5) is 27.5. The van der Waals surface area contributed by atoms with Gasteiger partial charge in [-0.05, 0) is 49.4 Å². The van der Waals surface area contributed by atoms with Crippen molar-refractivity contribution in [3.05, 3.63) is 76.2 Å². The van der Waals surface area contributed by atoms with Crippen LogP contribution < -0.4 is 20.5 Å². The van der Waals surface area contributed by atoms with E-state index in [-0.39, 0.29) is 11.6 Å². The fraction of sp³-hybridized carbons (Fsp3) is 0.200. The predicted octanol–water partition coefficient (Wildman–Crippen LogP) is 4.61. The number of ether oxygens (including phenoxy) is 2. The Morgan fingerprint density at radius 2 is 1.52 bits per heavy atom. The van der Waals surface area contributed by atoms with E-state index in [4.69, 9.17) is 9.47 Å².